The van der Waals surface area contributed by atoms with E-state index in [0.717, 1.165) is 11.4 Å². The molecule has 2 heterocycles. The molecule has 58 heavy (non-hydrogen) atoms. The van der Waals surface area contributed by atoms with E-state index in [1.807, 2.05) is 60.7 Å². The lowest BCUT2D eigenvalue weighted by Gasteiger charge is -2.13. The van der Waals surface area contributed by atoms with Crippen LogP contribution in [-0.2, 0) is 19.5 Å². The molecule has 20 nitrogen and oxygen atoms in total. The summed E-state index contributed by atoms with van der Waals surface area (Å²) in [5.41, 5.74) is 14.3. The van der Waals surface area contributed by atoms with Gasteiger partial charge in [-0.1, -0.05) is 65.7 Å². The molecule has 22 heteroatoms. The van der Waals surface area contributed by atoms with Gasteiger partial charge in [0.2, 0.25) is 35.7 Å². The summed E-state index contributed by atoms with van der Waals surface area (Å²) in [5, 5.41) is 31.2. The van der Waals surface area contributed by atoms with Crippen LogP contribution in [0.5, 0.6) is 0 Å². The maximum atomic E-state index is 12.6. The Morgan fingerprint density at radius 2 is 1.02 bits per heavy atom. The van der Waals surface area contributed by atoms with Crippen LogP contribution in [0.15, 0.2) is 107 Å². The monoisotopic (exact) mass is 826 g/mol. The SMILES string of the molecule is NCCNc1nc(Nc2ccccc2)nc(Nc2ccc(C=Cc3ccc(Nc4nc(NCCN)nc(Nc5ccccc5)n4)cc3S(=O)(=O)O)c(SOOO)c2)n1. The zero-order valence-electron chi connectivity index (χ0n) is 30.4. The highest BCUT2D eigenvalue weighted by molar-refractivity contribution is 7.94. The molecule has 0 atom stereocenters. The normalized spacial score (nSPS) is 11.3. The summed E-state index contributed by atoms with van der Waals surface area (Å²) in [5.74, 6) is 1.28. The maximum Gasteiger partial charge on any atom is 0.295 e. The minimum Gasteiger partial charge on any atom is -0.353 e. The van der Waals surface area contributed by atoms with E-state index in [0.29, 0.717) is 54.4 Å². The number of nitrogens with two attached hydrogens (primary N) is 2. The molecule has 0 aliphatic heterocycles. The molecular weight excluding hydrogens is 789 g/mol. The number of benzene rings is 4. The largest absolute Gasteiger partial charge is 0.353 e. The van der Waals surface area contributed by atoms with Crippen LogP contribution in [0.3, 0.4) is 0 Å². The van der Waals surface area contributed by atoms with Gasteiger partial charge in [-0.3, -0.25) is 4.55 Å². The number of para-hydroxylation sites is 2. The van der Waals surface area contributed by atoms with Gasteiger partial charge >= 0.3 is 0 Å². The van der Waals surface area contributed by atoms with Crippen molar-refractivity contribution in [2.45, 2.75) is 9.79 Å². The van der Waals surface area contributed by atoms with Crippen molar-refractivity contribution in [2.24, 2.45) is 11.5 Å². The molecule has 12 N–H and O–H groups in total. The third kappa shape index (κ3) is 12.0. The summed E-state index contributed by atoms with van der Waals surface area (Å²) in [6.45, 7) is 1.50. The molecule has 0 aliphatic rings. The highest BCUT2D eigenvalue weighted by atomic mass is 32.2. The molecule has 0 radical (unpaired) electrons. The van der Waals surface area contributed by atoms with Gasteiger partial charge in [-0.2, -0.15) is 38.3 Å². The van der Waals surface area contributed by atoms with E-state index in [9.17, 15) is 13.0 Å². The first-order valence-electron chi connectivity index (χ1n) is 17.4. The Morgan fingerprint density at radius 3 is 1.48 bits per heavy atom. The molecule has 2 aromatic heterocycles. The van der Waals surface area contributed by atoms with Crippen LogP contribution >= 0.6 is 12.0 Å². The standard InChI is InChI=1S/C36H38N14O6S2/c37-17-19-39-31-45-33(41-25-7-3-1-4-8-25)49-35(47-31)43-27-15-13-23(29(21-27)57-56-55-51)11-12-24-14-16-28(22-30(24)58(52,53)54)44-36-48-32(40-20-18-38)46-34(50-36)42-26-9-5-2-6-10-26/h1-16,21-22,51H,17-20,37-38H2,(H,52,53,54)(H3,39,41,43,45,47,49)(H3,40,42,44,46,48,50). The van der Waals surface area contributed by atoms with Crippen LogP contribution in [0.4, 0.5) is 58.4 Å². The predicted octanol–water partition coefficient (Wildman–Crippen LogP) is 5.62. The van der Waals surface area contributed by atoms with E-state index >= 15 is 0 Å². The first-order chi connectivity index (χ1) is 28.2. The highest BCUT2D eigenvalue weighted by Crippen LogP contribution is 2.31. The molecule has 0 aliphatic carbocycles. The third-order valence-corrected chi connectivity index (χ3v) is 9.17. The van der Waals surface area contributed by atoms with Crippen molar-refractivity contribution in [3.05, 3.63) is 108 Å². The van der Waals surface area contributed by atoms with Crippen molar-refractivity contribution in [1.29, 1.82) is 0 Å². The summed E-state index contributed by atoms with van der Waals surface area (Å²) < 4.78 is 40.3. The molecule has 6 rings (SSSR count). The molecule has 0 unspecified atom stereocenters. The van der Waals surface area contributed by atoms with Crippen LogP contribution in [-0.4, -0.2) is 74.3 Å². The van der Waals surface area contributed by atoms with Crippen LogP contribution in [0.25, 0.3) is 12.2 Å². The van der Waals surface area contributed by atoms with Crippen molar-refractivity contribution in [1.82, 2.24) is 29.9 Å². The average Bonchev–Trinajstić information content (AvgIpc) is 3.21. The Bertz CT molecular complexity index is 2430. The van der Waals surface area contributed by atoms with Crippen LogP contribution in [0.2, 0.25) is 0 Å². The second-order valence-electron chi connectivity index (χ2n) is 11.8. The van der Waals surface area contributed by atoms with E-state index in [1.54, 1.807) is 30.3 Å². The van der Waals surface area contributed by atoms with Gasteiger partial charge in [0.25, 0.3) is 10.1 Å². The molecule has 0 amide bonds. The minimum atomic E-state index is -4.73. The lowest BCUT2D eigenvalue weighted by atomic mass is 10.1. The number of aromatic nitrogens is 6. The van der Waals surface area contributed by atoms with Crippen molar-refractivity contribution in [3.8, 4) is 0 Å². The molecule has 0 bridgehead atoms. The molecule has 4 aromatic carbocycles. The molecule has 6 aromatic rings. The molecule has 0 saturated carbocycles. The number of hydrogen-bond acceptors (Lipinski definition) is 20. The number of nitrogens with one attached hydrogen (secondary N) is 6. The van der Waals surface area contributed by atoms with Gasteiger partial charge in [-0.15, -0.1) is 4.33 Å². The Labute approximate surface area is 336 Å². The second kappa shape index (κ2) is 20.1. The van der Waals surface area contributed by atoms with Gasteiger partial charge < -0.3 is 43.4 Å². The highest BCUT2D eigenvalue weighted by Gasteiger charge is 2.17. The Morgan fingerprint density at radius 1 is 0.586 bits per heavy atom. The fourth-order valence-electron chi connectivity index (χ4n) is 5.09. The van der Waals surface area contributed by atoms with Crippen molar-refractivity contribution >= 4 is 92.8 Å². The molecule has 0 saturated heterocycles. The summed E-state index contributed by atoms with van der Waals surface area (Å²) in [6.07, 6.45) is 3.08. The summed E-state index contributed by atoms with van der Waals surface area (Å²) in [7, 11) is -4.73. The summed E-state index contributed by atoms with van der Waals surface area (Å²) in [6, 6.07) is 28.0. The zero-order chi connectivity index (χ0) is 40.7. The van der Waals surface area contributed by atoms with Crippen molar-refractivity contribution in [3.63, 3.8) is 0 Å². The van der Waals surface area contributed by atoms with E-state index < -0.39 is 15.0 Å². The summed E-state index contributed by atoms with van der Waals surface area (Å²) in [4.78, 5) is 26.5. The first-order valence-corrected chi connectivity index (χ1v) is 19.5. The number of rotatable bonds is 20. The fourth-order valence-corrected chi connectivity index (χ4v) is 6.31. The first kappa shape index (κ1) is 41.1. The molecule has 0 spiro atoms. The van der Waals surface area contributed by atoms with Crippen molar-refractivity contribution < 1.29 is 27.6 Å². The average molecular weight is 827 g/mol. The molecule has 0 fully saturated rings. The second-order valence-corrected chi connectivity index (χ2v) is 13.9. The van der Waals surface area contributed by atoms with Gasteiger partial charge in [0.15, 0.2) is 0 Å². The van der Waals surface area contributed by atoms with Gasteiger partial charge in [0, 0.05) is 53.8 Å². The molecular formula is C36H38N14O6S2. The quantitative estimate of drug-likeness (QED) is 0.0147. The van der Waals surface area contributed by atoms with E-state index in [2.05, 4.69) is 66.8 Å². The lowest BCUT2D eigenvalue weighted by molar-refractivity contribution is -0.432. The maximum absolute atomic E-state index is 12.6. The van der Waals surface area contributed by atoms with Gasteiger partial charge in [0.1, 0.15) is 4.90 Å². The third-order valence-electron chi connectivity index (χ3n) is 7.60. The smallest absolute Gasteiger partial charge is 0.295 e. The van der Waals surface area contributed by atoms with Crippen molar-refractivity contribution in [2.75, 3.05) is 58.1 Å². The Kier molecular flexibility index (Phi) is 14.2. The Balaban J connectivity index is 1.25. The summed E-state index contributed by atoms with van der Waals surface area (Å²) >= 11 is 0.678. The topological polar surface area (TPSA) is 295 Å². The van der Waals surface area contributed by atoms with E-state index in [-0.39, 0.29) is 46.9 Å². The Hall–Kier alpha value is -6.50. The van der Waals surface area contributed by atoms with E-state index in [4.69, 9.17) is 21.1 Å². The van der Waals surface area contributed by atoms with Gasteiger partial charge in [0.05, 0.1) is 12.0 Å². The fraction of sp³-hybridized carbons (Fsp3) is 0.111. The minimum absolute atomic E-state index is 0.0860. The van der Waals surface area contributed by atoms with Crippen LogP contribution in [0, 0.1) is 0 Å². The number of nitrogens with zero attached hydrogens (tertiary/aromatic N) is 6. The van der Waals surface area contributed by atoms with E-state index in [1.165, 1.54) is 18.2 Å². The predicted molar refractivity (Wildman–Crippen MR) is 223 cm³/mol. The van der Waals surface area contributed by atoms with Gasteiger partial charge in [-0.25, -0.2) is 5.26 Å². The lowest BCUT2D eigenvalue weighted by Crippen LogP contribution is -2.16. The number of hydrogen-bond donors (Lipinski definition) is 10. The van der Waals surface area contributed by atoms with Gasteiger partial charge in [-0.05, 0) is 59.7 Å². The van der Waals surface area contributed by atoms with Crippen LogP contribution < -0.4 is 43.4 Å². The zero-order valence-corrected chi connectivity index (χ0v) is 32.0. The van der Waals surface area contributed by atoms with Crippen LogP contribution in [0.1, 0.15) is 11.1 Å². The number of anilines is 10. The molecule has 300 valence electrons.